The molecule has 0 aliphatic carbocycles. The number of halogens is 6. The molecule has 3 aromatic carbocycles. The van der Waals surface area contributed by atoms with Gasteiger partial charge in [0.05, 0.1) is 22.3 Å². The van der Waals surface area contributed by atoms with E-state index in [0.29, 0.717) is 34.3 Å². The summed E-state index contributed by atoms with van der Waals surface area (Å²) in [7, 11) is 1.08. The standard InChI is InChI=1S/C30H20F6N2O3/c1-13-9-16-10-23-19-7-5-17(11-21(19)27(41)38(23)24(16)15(3)14(13)2)28(29(31,32)33,30(34,35)36)18-6-8-20-22(12-18)26(40)37(4)25(20)39/h5-12H,1-4H3. The van der Waals surface area contributed by atoms with Gasteiger partial charge in [-0.1, -0.05) is 18.2 Å². The Morgan fingerprint density at radius 2 is 1.12 bits per heavy atom. The summed E-state index contributed by atoms with van der Waals surface area (Å²) in [6, 6.07) is 7.85. The molecule has 0 N–H and O–H groups in total. The lowest BCUT2D eigenvalue weighted by Gasteiger charge is -2.38. The van der Waals surface area contributed by atoms with Crippen molar-refractivity contribution in [2.75, 3.05) is 7.05 Å². The third kappa shape index (κ3) is 3.22. The normalized spacial score (nSPS) is 15.2. The molecule has 2 amide bonds. The first-order valence-electron chi connectivity index (χ1n) is 12.4. The van der Waals surface area contributed by atoms with Gasteiger partial charge in [0.1, 0.15) is 0 Å². The summed E-state index contributed by atoms with van der Waals surface area (Å²) in [4.78, 5) is 39.0. The second kappa shape index (κ2) is 8.08. The van der Waals surface area contributed by atoms with Crippen molar-refractivity contribution in [1.82, 2.24) is 9.47 Å². The molecule has 0 saturated carbocycles. The highest BCUT2D eigenvalue weighted by atomic mass is 19.4. The molecule has 11 heteroatoms. The van der Waals surface area contributed by atoms with Crippen LogP contribution in [0.15, 0.2) is 48.5 Å². The van der Waals surface area contributed by atoms with Crippen molar-refractivity contribution in [2.45, 2.75) is 38.5 Å². The fourth-order valence-corrected chi connectivity index (χ4v) is 6.12. The van der Waals surface area contributed by atoms with Gasteiger partial charge >= 0.3 is 12.4 Å². The molecule has 4 aromatic rings. The van der Waals surface area contributed by atoms with Gasteiger partial charge in [0.15, 0.2) is 0 Å². The Morgan fingerprint density at radius 1 is 0.610 bits per heavy atom. The van der Waals surface area contributed by atoms with E-state index in [2.05, 4.69) is 0 Å². The predicted molar refractivity (Wildman–Crippen MR) is 137 cm³/mol. The van der Waals surface area contributed by atoms with Gasteiger partial charge in [-0.05, 0) is 78.9 Å². The van der Waals surface area contributed by atoms with E-state index in [9.17, 15) is 40.7 Å². The summed E-state index contributed by atoms with van der Waals surface area (Å²) < 4.78 is 90.5. The maximum Gasteiger partial charge on any atom is 0.411 e. The van der Waals surface area contributed by atoms with Crippen molar-refractivity contribution in [3.05, 3.63) is 93.0 Å². The Bertz CT molecular complexity index is 1870. The molecule has 2 aliphatic rings. The Balaban J connectivity index is 1.61. The van der Waals surface area contributed by atoms with Crippen LogP contribution in [0.5, 0.6) is 0 Å². The molecule has 0 saturated heterocycles. The lowest BCUT2D eigenvalue weighted by molar-refractivity contribution is -0.288. The number of aryl methyl sites for hydroxylation is 2. The van der Waals surface area contributed by atoms with Crippen LogP contribution in [-0.4, -0.2) is 46.6 Å². The van der Waals surface area contributed by atoms with Crippen LogP contribution in [0.2, 0.25) is 0 Å². The van der Waals surface area contributed by atoms with E-state index in [1.807, 2.05) is 19.9 Å². The van der Waals surface area contributed by atoms with Crippen LogP contribution < -0.4 is 0 Å². The van der Waals surface area contributed by atoms with E-state index in [1.54, 1.807) is 13.0 Å². The number of carbonyl (C=O) groups excluding carboxylic acids is 3. The maximum absolute atomic E-state index is 14.9. The van der Waals surface area contributed by atoms with Crippen LogP contribution in [0.4, 0.5) is 26.3 Å². The van der Waals surface area contributed by atoms with Gasteiger partial charge in [0.25, 0.3) is 17.7 Å². The average molecular weight is 570 g/mol. The zero-order valence-corrected chi connectivity index (χ0v) is 22.0. The lowest BCUT2D eigenvalue weighted by Crippen LogP contribution is -2.55. The van der Waals surface area contributed by atoms with Crippen LogP contribution in [0, 0.1) is 20.8 Å². The quantitative estimate of drug-likeness (QED) is 0.172. The first kappa shape index (κ1) is 26.8. The second-order valence-corrected chi connectivity index (χ2v) is 10.5. The van der Waals surface area contributed by atoms with Gasteiger partial charge in [-0.2, -0.15) is 26.3 Å². The number of carbonyl (C=O) groups is 3. The van der Waals surface area contributed by atoms with E-state index < -0.39 is 52.2 Å². The first-order valence-corrected chi connectivity index (χ1v) is 12.4. The summed E-state index contributed by atoms with van der Waals surface area (Å²) in [5, 5.41) is 0.728. The van der Waals surface area contributed by atoms with Gasteiger partial charge in [0, 0.05) is 23.6 Å². The fourth-order valence-electron chi connectivity index (χ4n) is 6.12. The van der Waals surface area contributed by atoms with Crippen molar-refractivity contribution in [2.24, 2.45) is 0 Å². The zero-order valence-electron chi connectivity index (χ0n) is 22.0. The van der Waals surface area contributed by atoms with Gasteiger partial charge in [0.2, 0.25) is 5.41 Å². The average Bonchev–Trinajstić information content (AvgIpc) is 3.46. The summed E-state index contributed by atoms with van der Waals surface area (Å²) in [6.45, 7) is 5.57. The van der Waals surface area contributed by atoms with Crippen LogP contribution in [0.3, 0.4) is 0 Å². The van der Waals surface area contributed by atoms with Crippen molar-refractivity contribution >= 4 is 28.6 Å². The molecule has 6 rings (SSSR count). The molecular weight excluding hydrogens is 550 g/mol. The van der Waals surface area contributed by atoms with E-state index in [0.717, 1.165) is 47.3 Å². The number of rotatable bonds is 2. The molecule has 41 heavy (non-hydrogen) atoms. The van der Waals surface area contributed by atoms with Crippen molar-refractivity contribution in [1.29, 1.82) is 0 Å². The topological polar surface area (TPSA) is 59.4 Å². The molecule has 0 radical (unpaired) electrons. The SMILES string of the molecule is Cc1cc2cc3n(c2c(C)c1C)C(=O)c1cc(C(c2ccc4c(c2)C(=O)N(C)C4=O)(C(F)(F)F)C(F)(F)F)ccc1-3. The largest absolute Gasteiger partial charge is 0.411 e. The zero-order chi connectivity index (χ0) is 30.0. The molecule has 0 fully saturated rings. The first-order chi connectivity index (χ1) is 19.0. The number of alkyl halides is 6. The number of amides is 2. The van der Waals surface area contributed by atoms with Gasteiger partial charge in [-0.3, -0.25) is 23.9 Å². The van der Waals surface area contributed by atoms with E-state index in [4.69, 9.17) is 0 Å². The molecule has 0 bridgehead atoms. The minimum Gasteiger partial charge on any atom is -0.277 e. The summed E-state index contributed by atoms with van der Waals surface area (Å²) in [6.07, 6.45) is -11.9. The highest BCUT2D eigenvalue weighted by molar-refractivity contribution is 6.21. The molecule has 210 valence electrons. The predicted octanol–water partition coefficient (Wildman–Crippen LogP) is 6.87. The van der Waals surface area contributed by atoms with E-state index in [-0.39, 0.29) is 16.7 Å². The van der Waals surface area contributed by atoms with Gasteiger partial charge in [-0.15, -0.1) is 0 Å². The van der Waals surface area contributed by atoms with E-state index in [1.165, 1.54) is 4.57 Å². The van der Waals surface area contributed by atoms with Crippen LogP contribution in [0.1, 0.15) is 58.9 Å². The highest BCUT2D eigenvalue weighted by Crippen LogP contribution is 2.57. The summed E-state index contributed by atoms with van der Waals surface area (Å²) in [5.41, 5.74) is -4.50. The number of benzene rings is 3. The van der Waals surface area contributed by atoms with Crippen molar-refractivity contribution in [3.8, 4) is 11.3 Å². The van der Waals surface area contributed by atoms with Crippen LogP contribution >= 0.6 is 0 Å². The van der Waals surface area contributed by atoms with Crippen LogP contribution in [0.25, 0.3) is 22.2 Å². The smallest absolute Gasteiger partial charge is 0.277 e. The number of nitrogens with zero attached hydrogens (tertiary/aromatic N) is 2. The molecule has 1 aromatic heterocycles. The van der Waals surface area contributed by atoms with Crippen molar-refractivity contribution < 1.29 is 40.7 Å². The fraction of sp³-hybridized carbons (Fsp3) is 0.233. The third-order valence-corrected chi connectivity index (χ3v) is 8.45. The molecule has 0 unspecified atom stereocenters. The minimum absolute atomic E-state index is 0.208. The molecule has 0 atom stereocenters. The molecule has 5 nitrogen and oxygen atoms in total. The molecule has 0 spiro atoms. The Labute approximate surface area is 229 Å². The second-order valence-electron chi connectivity index (χ2n) is 10.5. The van der Waals surface area contributed by atoms with E-state index >= 15 is 0 Å². The monoisotopic (exact) mass is 570 g/mol. The Morgan fingerprint density at radius 3 is 1.68 bits per heavy atom. The summed E-state index contributed by atoms with van der Waals surface area (Å²) >= 11 is 0. The third-order valence-electron chi connectivity index (χ3n) is 8.45. The summed E-state index contributed by atoms with van der Waals surface area (Å²) in [5.74, 6) is -2.59. The van der Waals surface area contributed by atoms with Gasteiger partial charge in [-0.25, -0.2) is 0 Å². The number of hydrogen-bond donors (Lipinski definition) is 0. The number of fused-ring (bicyclic) bond motifs is 6. The number of hydrogen-bond acceptors (Lipinski definition) is 3. The number of imide groups is 1. The molecule has 2 aliphatic heterocycles. The minimum atomic E-state index is -5.94. The van der Waals surface area contributed by atoms with Crippen LogP contribution in [-0.2, 0) is 5.41 Å². The highest BCUT2D eigenvalue weighted by Gasteiger charge is 2.73. The molecular formula is C30H20F6N2O3. The van der Waals surface area contributed by atoms with Gasteiger partial charge < -0.3 is 0 Å². The Hall–Kier alpha value is -4.41. The Kier molecular flexibility index (Phi) is 5.28. The lowest BCUT2D eigenvalue weighted by atomic mass is 9.71. The molecule has 3 heterocycles. The van der Waals surface area contributed by atoms with Crippen molar-refractivity contribution in [3.63, 3.8) is 0 Å². The maximum atomic E-state index is 14.9. The number of aromatic nitrogens is 1.